The number of anilines is 1. The number of esters is 1. The van der Waals surface area contributed by atoms with Crippen molar-refractivity contribution in [3.8, 4) is 5.75 Å². The van der Waals surface area contributed by atoms with Crippen LogP contribution in [-0.2, 0) is 14.3 Å². The number of hydrogen-bond donors (Lipinski definition) is 1. The van der Waals surface area contributed by atoms with Crippen LogP contribution in [0.25, 0.3) is 0 Å². The van der Waals surface area contributed by atoms with Crippen molar-refractivity contribution in [3.05, 3.63) is 54.3 Å². The van der Waals surface area contributed by atoms with E-state index in [1.807, 2.05) is 24.3 Å². The van der Waals surface area contributed by atoms with Crippen molar-refractivity contribution in [3.63, 3.8) is 0 Å². The van der Waals surface area contributed by atoms with Crippen LogP contribution in [0, 0.1) is 5.82 Å². The zero-order valence-electron chi connectivity index (χ0n) is 13.9. The van der Waals surface area contributed by atoms with Gasteiger partial charge in [0.25, 0.3) is 0 Å². The van der Waals surface area contributed by atoms with Gasteiger partial charge in [-0.05, 0) is 36.4 Å². The highest BCUT2D eigenvalue weighted by Crippen LogP contribution is 2.36. The van der Waals surface area contributed by atoms with Gasteiger partial charge in [-0.15, -0.1) is 11.8 Å². The van der Waals surface area contributed by atoms with Gasteiger partial charge in [0.2, 0.25) is 5.91 Å². The van der Waals surface area contributed by atoms with Gasteiger partial charge in [-0.1, -0.05) is 12.1 Å². The van der Waals surface area contributed by atoms with E-state index in [1.165, 1.54) is 36.0 Å². The summed E-state index contributed by atoms with van der Waals surface area (Å²) < 4.78 is 23.4. The standard InChI is InChI=1S/C19H18FNO4S/c20-13-6-8-14(9-7-13)24-10-3-11-25-18(22)12-17-19(23)21-15-4-1-2-5-16(15)26-17/h1-2,4-9,17H,3,10-12H2,(H,21,23)/t17-/m0/s1. The summed E-state index contributed by atoms with van der Waals surface area (Å²) in [5.74, 6) is -0.366. The van der Waals surface area contributed by atoms with Crippen LogP contribution in [0.4, 0.5) is 10.1 Å². The molecule has 1 aliphatic heterocycles. The topological polar surface area (TPSA) is 64.6 Å². The molecule has 7 heteroatoms. The van der Waals surface area contributed by atoms with Gasteiger partial charge >= 0.3 is 5.97 Å². The van der Waals surface area contributed by atoms with E-state index in [0.717, 1.165) is 10.6 Å². The normalized spacial score (nSPS) is 15.7. The van der Waals surface area contributed by atoms with Crippen LogP contribution in [0.5, 0.6) is 5.75 Å². The molecule has 0 spiro atoms. The van der Waals surface area contributed by atoms with Crippen LogP contribution in [0.3, 0.4) is 0 Å². The summed E-state index contributed by atoms with van der Waals surface area (Å²) in [4.78, 5) is 24.9. The minimum atomic E-state index is -0.493. The lowest BCUT2D eigenvalue weighted by atomic mass is 10.2. The van der Waals surface area contributed by atoms with Gasteiger partial charge < -0.3 is 14.8 Å². The minimum Gasteiger partial charge on any atom is -0.493 e. The van der Waals surface area contributed by atoms with Gasteiger partial charge in [0.05, 0.1) is 30.6 Å². The third-order valence-corrected chi connectivity index (χ3v) is 4.97. The lowest BCUT2D eigenvalue weighted by Gasteiger charge is -2.23. The minimum absolute atomic E-state index is 0.0175. The SMILES string of the molecule is O=C(C[C@@H]1Sc2ccccc2NC1=O)OCCCOc1ccc(F)cc1. The van der Waals surface area contributed by atoms with Crippen LogP contribution in [0.1, 0.15) is 12.8 Å². The van der Waals surface area contributed by atoms with E-state index >= 15 is 0 Å². The summed E-state index contributed by atoms with van der Waals surface area (Å²) in [5, 5.41) is 2.31. The van der Waals surface area contributed by atoms with Gasteiger partial charge in [-0.25, -0.2) is 4.39 Å². The Morgan fingerprint density at radius 3 is 2.69 bits per heavy atom. The van der Waals surface area contributed by atoms with Gasteiger partial charge in [0.1, 0.15) is 11.6 Å². The molecule has 0 aliphatic carbocycles. The van der Waals surface area contributed by atoms with Gasteiger partial charge in [0, 0.05) is 11.3 Å². The number of amides is 1. The molecule has 5 nitrogen and oxygen atoms in total. The number of fused-ring (bicyclic) bond motifs is 1. The molecular formula is C19H18FNO4S. The molecule has 0 unspecified atom stereocenters. The molecule has 26 heavy (non-hydrogen) atoms. The number of nitrogens with one attached hydrogen (secondary N) is 1. The maximum Gasteiger partial charge on any atom is 0.307 e. The van der Waals surface area contributed by atoms with E-state index in [-0.39, 0.29) is 24.8 Å². The highest BCUT2D eigenvalue weighted by molar-refractivity contribution is 8.01. The summed E-state index contributed by atoms with van der Waals surface area (Å²) in [6.07, 6.45) is 0.527. The molecule has 1 amide bonds. The van der Waals surface area contributed by atoms with E-state index in [4.69, 9.17) is 9.47 Å². The summed E-state index contributed by atoms with van der Waals surface area (Å²) >= 11 is 1.37. The second-order valence-corrected chi connectivity index (χ2v) is 6.92. The van der Waals surface area contributed by atoms with Crippen molar-refractivity contribution < 1.29 is 23.5 Å². The molecular weight excluding hydrogens is 357 g/mol. The lowest BCUT2D eigenvalue weighted by Crippen LogP contribution is -2.31. The maximum absolute atomic E-state index is 12.8. The number of benzene rings is 2. The summed E-state index contributed by atoms with van der Waals surface area (Å²) in [7, 11) is 0. The highest BCUT2D eigenvalue weighted by Gasteiger charge is 2.29. The summed E-state index contributed by atoms with van der Waals surface area (Å²) in [6.45, 7) is 0.556. The third kappa shape index (κ3) is 4.98. The zero-order chi connectivity index (χ0) is 18.4. The molecule has 0 bridgehead atoms. The second-order valence-electron chi connectivity index (χ2n) is 5.67. The van der Waals surface area contributed by atoms with E-state index in [0.29, 0.717) is 18.8 Å². The Morgan fingerprint density at radius 2 is 1.88 bits per heavy atom. The first-order valence-electron chi connectivity index (χ1n) is 8.22. The third-order valence-electron chi connectivity index (χ3n) is 3.69. The first-order valence-corrected chi connectivity index (χ1v) is 9.10. The number of carbonyl (C=O) groups is 2. The first kappa shape index (κ1) is 18.3. The van der Waals surface area contributed by atoms with Gasteiger partial charge in [-0.3, -0.25) is 9.59 Å². The van der Waals surface area contributed by atoms with E-state index < -0.39 is 11.2 Å². The summed E-state index contributed by atoms with van der Waals surface area (Å²) in [6, 6.07) is 13.2. The van der Waals surface area contributed by atoms with E-state index in [9.17, 15) is 14.0 Å². The Balaban J connectivity index is 1.36. The predicted molar refractivity (Wildman–Crippen MR) is 96.8 cm³/mol. The average Bonchev–Trinajstić information content (AvgIpc) is 2.63. The molecule has 1 heterocycles. The molecule has 0 saturated heterocycles. The Bertz CT molecular complexity index is 781. The van der Waals surface area contributed by atoms with Gasteiger partial charge in [-0.2, -0.15) is 0 Å². The molecule has 2 aromatic carbocycles. The zero-order valence-corrected chi connectivity index (χ0v) is 14.8. The average molecular weight is 375 g/mol. The van der Waals surface area contributed by atoms with Crippen molar-refractivity contribution in [2.24, 2.45) is 0 Å². The van der Waals surface area contributed by atoms with E-state index in [1.54, 1.807) is 0 Å². The summed E-state index contributed by atoms with van der Waals surface area (Å²) in [5.41, 5.74) is 0.769. The molecule has 1 N–H and O–H groups in total. The number of rotatable bonds is 7. The fourth-order valence-electron chi connectivity index (χ4n) is 2.40. The number of hydrogen-bond acceptors (Lipinski definition) is 5. The quantitative estimate of drug-likeness (QED) is 0.591. The Kier molecular flexibility index (Phi) is 6.12. The fraction of sp³-hybridized carbons (Fsp3) is 0.263. The van der Waals surface area contributed by atoms with Crippen LogP contribution in [0.15, 0.2) is 53.4 Å². The van der Waals surface area contributed by atoms with Crippen LogP contribution in [0.2, 0.25) is 0 Å². The molecule has 0 fully saturated rings. The van der Waals surface area contributed by atoms with Crippen molar-refractivity contribution in [1.82, 2.24) is 0 Å². The number of para-hydroxylation sites is 1. The molecule has 0 saturated carbocycles. The van der Waals surface area contributed by atoms with Crippen molar-refractivity contribution in [2.45, 2.75) is 23.0 Å². The molecule has 1 atom stereocenters. The molecule has 136 valence electrons. The Hall–Kier alpha value is -2.54. The molecule has 3 rings (SSSR count). The number of carbonyl (C=O) groups excluding carboxylic acids is 2. The van der Waals surface area contributed by atoms with Crippen LogP contribution < -0.4 is 10.1 Å². The number of thioether (sulfide) groups is 1. The molecule has 0 radical (unpaired) electrons. The first-order chi connectivity index (χ1) is 12.6. The van der Waals surface area contributed by atoms with Crippen molar-refractivity contribution >= 4 is 29.3 Å². The maximum atomic E-state index is 12.8. The monoisotopic (exact) mass is 375 g/mol. The Morgan fingerprint density at radius 1 is 1.12 bits per heavy atom. The highest BCUT2D eigenvalue weighted by atomic mass is 32.2. The largest absolute Gasteiger partial charge is 0.493 e. The Labute approximate surface area is 154 Å². The van der Waals surface area contributed by atoms with Crippen LogP contribution in [-0.4, -0.2) is 30.3 Å². The smallest absolute Gasteiger partial charge is 0.307 e. The van der Waals surface area contributed by atoms with Gasteiger partial charge in [0.15, 0.2) is 0 Å². The fourth-order valence-corrected chi connectivity index (χ4v) is 3.50. The molecule has 2 aromatic rings. The van der Waals surface area contributed by atoms with Crippen LogP contribution >= 0.6 is 11.8 Å². The number of ether oxygens (including phenoxy) is 2. The van der Waals surface area contributed by atoms with Crippen molar-refractivity contribution in [2.75, 3.05) is 18.5 Å². The molecule has 1 aliphatic rings. The molecule has 0 aromatic heterocycles. The van der Waals surface area contributed by atoms with Crippen molar-refractivity contribution in [1.29, 1.82) is 0 Å². The number of halogens is 1. The lowest BCUT2D eigenvalue weighted by molar-refractivity contribution is -0.144. The second kappa shape index (κ2) is 8.71. The predicted octanol–water partition coefficient (Wildman–Crippen LogP) is 3.64. The van der Waals surface area contributed by atoms with E-state index in [2.05, 4.69) is 5.32 Å².